The molecule has 1 heterocycles. The maximum atomic E-state index is 12.0. The molecular weight excluding hydrogens is 290 g/mol. The number of rotatable bonds is 5. The van der Waals surface area contributed by atoms with Crippen LogP contribution in [-0.2, 0) is 9.84 Å². The van der Waals surface area contributed by atoms with Gasteiger partial charge < -0.3 is 10.1 Å². The molecule has 1 fully saturated rings. The number of sulfone groups is 1. The molecule has 0 bridgehead atoms. The second-order valence-corrected chi connectivity index (χ2v) is 8.03. The number of hydrogen-bond donors (Lipinski definition) is 1. The third-order valence-corrected chi connectivity index (χ3v) is 5.04. The van der Waals surface area contributed by atoms with E-state index in [0.29, 0.717) is 24.5 Å². The van der Waals surface area contributed by atoms with E-state index in [9.17, 15) is 13.2 Å². The minimum absolute atomic E-state index is 0.0360. The first-order valence-electron chi connectivity index (χ1n) is 7.10. The zero-order valence-electron chi connectivity index (χ0n) is 12.3. The van der Waals surface area contributed by atoms with E-state index in [0.717, 1.165) is 5.75 Å². The van der Waals surface area contributed by atoms with Crippen LogP contribution in [0.5, 0.6) is 5.75 Å². The molecule has 1 N–H and O–H groups in total. The van der Waals surface area contributed by atoms with Crippen molar-refractivity contribution < 1.29 is 17.9 Å². The molecule has 1 amide bonds. The summed E-state index contributed by atoms with van der Waals surface area (Å²) < 4.78 is 28.3. The van der Waals surface area contributed by atoms with Crippen LogP contribution in [0.15, 0.2) is 24.3 Å². The summed E-state index contributed by atoms with van der Waals surface area (Å²) in [5.74, 6) is 1.11. The molecule has 0 radical (unpaired) electrons. The van der Waals surface area contributed by atoms with Crippen LogP contribution in [0.3, 0.4) is 0 Å². The van der Waals surface area contributed by atoms with Gasteiger partial charge in [-0.3, -0.25) is 4.79 Å². The fourth-order valence-electron chi connectivity index (χ4n) is 2.14. The average Bonchev–Trinajstić information content (AvgIpc) is 2.76. The SMILES string of the molecule is CC(C)COc1ccc(C(=O)NC2CCS(=O)(=O)C2)cc1. The lowest BCUT2D eigenvalue weighted by atomic mass is 10.2. The molecule has 0 saturated carbocycles. The predicted molar refractivity (Wildman–Crippen MR) is 81.3 cm³/mol. The molecule has 1 aliphatic heterocycles. The Morgan fingerprint density at radius 3 is 2.52 bits per heavy atom. The Bertz CT molecular complexity index is 593. The number of hydrogen-bond acceptors (Lipinski definition) is 4. The van der Waals surface area contributed by atoms with Gasteiger partial charge in [0.25, 0.3) is 5.91 Å². The number of nitrogens with one attached hydrogen (secondary N) is 1. The van der Waals surface area contributed by atoms with Crippen LogP contribution in [0.1, 0.15) is 30.6 Å². The van der Waals surface area contributed by atoms with E-state index in [1.807, 2.05) is 0 Å². The second kappa shape index (κ2) is 6.47. The van der Waals surface area contributed by atoms with Gasteiger partial charge in [0.15, 0.2) is 9.84 Å². The molecule has 21 heavy (non-hydrogen) atoms. The van der Waals surface area contributed by atoms with Crippen molar-refractivity contribution in [2.24, 2.45) is 5.92 Å². The first-order valence-corrected chi connectivity index (χ1v) is 8.92. The highest BCUT2D eigenvalue weighted by Gasteiger charge is 2.29. The van der Waals surface area contributed by atoms with Crippen LogP contribution in [0.2, 0.25) is 0 Å². The topological polar surface area (TPSA) is 72.5 Å². The molecule has 1 aromatic carbocycles. The Morgan fingerprint density at radius 2 is 2.00 bits per heavy atom. The Hall–Kier alpha value is -1.56. The van der Waals surface area contributed by atoms with Gasteiger partial charge >= 0.3 is 0 Å². The van der Waals surface area contributed by atoms with Gasteiger partial charge in [0, 0.05) is 11.6 Å². The van der Waals surface area contributed by atoms with Crippen molar-refractivity contribution >= 4 is 15.7 Å². The zero-order chi connectivity index (χ0) is 15.5. The molecule has 0 aliphatic carbocycles. The third-order valence-electron chi connectivity index (χ3n) is 3.27. The summed E-state index contributed by atoms with van der Waals surface area (Å²) in [4.78, 5) is 12.0. The van der Waals surface area contributed by atoms with Crippen LogP contribution in [-0.4, -0.2) is 38.5 Å². The Labute approximate surface area is 125 Å². The molecule has 1 aromatic rings. The normalized spacial score (nSPS) is 20.4. The van der Waals surface area contributed by atoms with Crippen LogP contribution >= 0.6 is 0 Å². The van der Waals surface area contributed by atoms with Crippen molar-refractivity contribution in [2.45, 2.75) is 26.3 Å². The number of amides is 1. The third kappa shape index (κ3) is 4.74. The van der Waals surface area contributed by atoms with Crippen molar-refractivity contribution in [3.63, 3.8) is 0 Å². The van der Waals surface area contributed by atoms with Crippen molar-refractivity contribution in [1.29, 1.82) is 0 Å². The molecule has 116 valence electrons. The zero-order valence-corrected chi connectivity index (χ0v) is 13.2. The summed E-state index contributed by atoms with van der Waals surface area (Å²) in [6.45, 7) is 4.76. The minimum Gasteiger partial charge on any atom is -0.493 e. The van der Waals surface area contributed by atoms with E-state index in [4.69, 9.17) is 4.74 Å². The van der Waals surface area contributed by atoms with Crippen LogP contribution < -0.4 is 10.1 Å². The summed E-state index contributed by atoms with van der Waals surface area (Å²) >= 11 is 0. The second-order valence-electron chi connectivity index (χ2n) is 5.80. The summed E-state index contributed by atoms with van der Waals surface area (Å²) in [5, 5.41) is 2.76. The van der Waals surface area contributed by atoms with Gasteiger partial charge in [-0.25, -0.2) is 8.42 Å². The average molecular weight is 311 g/mol. The monoisotopic (exact) mass is 311 g/mol. The van der Waals surface area contributed by atoms with E-state index in [-0.39, 0.29) is 23.5 Å². The van der Waals surface area contributed by atoms with E-state index >= 15 is 0 Å². The van der Waals surface area contributed by atoms with Gasteiger partial charge in [-0.2, -0.15) is 0 Å². The number of ether oxygens (including phenoxy) is 1. The summed E-state index contributed by atoms with van der Waals surface area (Å²) in [7, 11) is -2.98. The molecule has 0 aromatic heterocycles. The smallest absolute Gasteiger partial charge is 0.251 e. The molecule has 1 unspecified atom stereocenters. The standard InChI is InChI=1S/C15H21NO4S/c1-11(2)9-20-14-5-3-12(4-6-14)15(17)16-13-7-8-21(18,19)10-13/h3-6,11,13H,7-10H2,1-2H3,(H,16,17). The predicted octanol–water partition coefficient (Wildman–Crippen LogP) is 1.64. The lowest BCUT2D eigenvalue weighted by Crippen LogP contribution is -2.35. The lowest BCUT2D eigenvalue weighted by molar-refractivity contribution is 0.0941. The van der Waals surface area contributed by atoms with Gasteiger partial charge in [-0.1, -0.05) is 13.8 Å². The first kappa shape index (κ1) is 15.8. The lowest BCUT2D eigenvalue weighted by Gasteiger charge is -2.12. The largest absolute Gasteiger partial charge is 0.493 e. The maximum absolute atomic E-state index is 12.0. The Balaban J connectivity index is 1.91. The highest BCUT2D eigenvalue weighted by Crippen LogP contribution is 2.15. The first-order chi connectivity index (χ1) is 9.85. The van der Waals surface area contributed by atoms with Gasteiger partial charge in [0.1, 0.15) is 5.75 Å². The molecule has 5 nitrogen and oxygen atoms in total. The van der Waals surface area contributed by atoms with Gasteiger partial charge in [-0.15, -0.1) is 0 Å². The molecule has 1 atom stereocenters. The van der Waals surface area contributed by atoms with Crippen molar-refractivity contribution in [1.82, 2.24) is 5.32 Å². The van der Waals surface area contributed by atoms with E-state index < -0.39 is 9.84 Å². The Kier molecular flexibility index (Phi) is 4.88. The highest BCUT2D eigenvalue weighted by molar-refractivity contribution is 7.91. The fraction of sp³-hybridized carbons (Fsp3) is 0.533. The molecule has 6 heteroatoms. The maximum Gasteiger partial charge on any atom is 0.251 e. The molecule has 1 saturated heterocycles. The Morgan fingerprint density at radius 1 is 1.33 bits per heavy atom. The van der Waals surface area contributed by atoms with Gasteiger partial charge in [0.05, 0.1) is 18.1 Å². The molecule has 2 rings (SSSR count). The van der Waals surface area contributed by atoms with E-state index in [1.54, 1.807) is 24.3 Å². The number of carbonyl (C=O) groups excluding carboxylic acids is 1. The van der Waals surface area contributed by atoms with Gasteiger partial charge in [0.2, 0.25) is 0 Å². The van der Waals surface area contributed by atoms with Crippen LogP contribution in [0.4, 0.5) is 0 Å². The molecular formula is C15H21NO4S. The van der Waals surface area contributed by atoms with Crippen molar-refractivity contribution in [3.8, 4) is 5.75 Å². The highest BCUT2D eigenvalue weighted by atomic mass is 32.2. The fourth-order valence-corrected chi connectivity index (χ4v) is 3.82. The van der Waals surface area contributed by atoms with Crippen molar-refractivity contribution in [3.05, 3.63) is 29.8 Å². The van der Waals surface area contributed by atoms with Crippen LogP contribution in [0, 0.1) is 5.92 Å². The van der Waals surface area contributed by atoms with Crippen LogP contribution in [0.25, 0.3) is 0 Å². The van der Waals surface area contributed by atoms with E-state index in [1.165, 1.54) is 0 Å². The minimum atomic E-state index is -2.98. The molecule has 1 aliphatic rings. The quantitative estimate of drug-likeness (QED) is 0.897. The van der Waals surface area contributed by atoms with E-state index in [2.05, 4.69) is 19.2 Å². The summed E-state index contributed by atoms with van der Waals surface area (Å²) in [5.41, 5.74) is 0.510. The number of carbonyl (C=O) groups is 1. The van der Waals surface area contributed by atoms with Crippen molar-refractivity contribution in [2.75, 3.05) is 18.1 Å². The van der Waals surface area contributed by atoms with Gasteiger partial charge in [-0.05, 0) is 36.6 Å². The number of benzene rings is 1. The summed E-state index contributed by atoms with van der Waals surface area (Å²) in [6.07, 6.45) is 0.490. The molecule has 0 spiro atoms. The summed E-state index contributed by atoms with van der Waals surface area (Å²) in [6, 6.07) is 6.60.